The van der Waals surface area contributed by atoms with Crippen LogP contribution in [0.3, 0.4) is 0 Å². The van der Waals surface area contributed by atoms with Gasteiger partial charge in [0, 0.05) is 6.54 Å². The summed E-state index contributed by atoms with van der Waals surface area (Å²) in [5, 5.41) is 2.80. The molecule has 0 aromatic rings. The highest BCUT2D eigenvalue weighted by atomic mass is 32.1. The van der Waals surface area contributed by atoms with Gasteiger partial charge in [0.1, 0.15) is 0 Å². The average Bonchev–Trinajstić information content (AvgIpc) is 1.35. The predicted octanol–water partition coefficient (Wildman–Crippen LogP) is -0.508. The summed E-state index contributed by atoms with van der Waals surface area (Å²) in [6.07, 6.45) is 0. The monoisotopic (exact) mass is 104 g/mol. The van der Waals surface area contributed by atoms with Crippen molar-refractivity contribution in [1.29, 1.82) is 0 Å². The summed E-state index contributed by atoms with van der Waals surface area (Å²) in [7, 11) is 1.80. The Hall–Kier alpha value is -0.150. The SMILES string of the molecule is CNCC(N)=S. The smallest absolute Gasteiger partial charge is 0.0867 e. The number of hydrogen-bond acceptors (Lipinski definition) is 2. The molecule has 0 spiro atoms. The summed E-state index contributed by atoms with van der Waals surface area (Å²) < 4.78 is 0. The summed E-state index contributed by atoms with van der Waals surface area (Å²) in [4.78, 5) is 0.512. The highest BCUT2D eigenvalue weighted by Crippen LogP contribution is 1.54. The number of likely N-dealkylation sites (N-methyl/N-ethyl adjacent to an activating group) is 1. The minimum absolute atomic E-state index is 0.512. The molecule has 3 N–H and O–H groups in total. The van der Waals surface area contributed by atoms with Crippen molar-refractivity contribution in [3.05, 3.63) is 0 Å². The van der Waals surface area contributed by atoms with E-state index in [-0.39, 0.29) is 0 Å². The van der Waals surface area contributed by atoms with Crippen LogP contribution in [-0.2, 0) is 0 Å². The van der Waals surface area contributed by atoms with Crippen LogP contribution in [0.5, 0.6) is 0 Å². The van der Waals surface area contributed by atoms with Crippen molar-refractivity contribution in [3.63, 3.8) is 0 Å². The van der Waals surface area contributed by atoms with Gasteiger partial charge in [-0.2, -0.15) is 0 Å². The Morgan fingerprint density at radius 3 is 2.50 bits per heavy atom. The lowest BCUT2D eigenvalue weighted by molar-refractivity contribution is 0.950. The van der Waals surface area contributed by atoms with Gasteiger partial charge in [-0.05, 0) is 7.05 Å². The molecular weight excluding hydrogens is 96.1 g/mol. The van der Waals surface area contributed by atoms with Gasteiger partial charge in [-0.3, -0.25) is 0 Å². The molecular formula is C3H8N2S. The molecule has 0 aliphatic carbocycles. The van der Waals surface area contributed by atoms with Crippen LogP contribution >= 0.6 is 12.2 Å². The maximum Gasteiger partial charge on any atom is 0.0867 e. The van der Waals surface area contributed by atoms with E-state index in [1.54, 1.807) is 7.05 Å². The van der Waals surface area contributed by atoms with Gasteiger partial charge in [0.05, 0.1) is 4.99 Å². The second-order valence-corrected chi connectivity index (χ2v) is 1.52. The number of hydrogen-bond donors (Lipinski definition) is 2. The van der Waals surface area contributed by atoms with E-state index < -0.39 is 0 Å². The number of nitrogens with two attached hydrogens (primary N) is 1. The fourth-order valence-electron chi connectivity index (χ4n) is 0.174. The number of nitrogens with one attached hydrogen (secondary N) is 1. The fraction of sp³-hybridized carbons (Fsp3) is 0.667. The van der Waals surface area contributed by atoms with Crippen LogP contribution in [0.1, 0.15) is 0 Å². The molecule has 36 valence electrons. The lowest BCUT2D eigenvalue weighted by atomic mass is 10.7. The lowest BCUT2D eigenvalue weighted by Gasteiger charge is -1.89. The van der Waals surface area contributed by atoms with E-state index in [4.69, 9.17) is 5.73 Å². The van der Waals surface area contributed by atoms with Crippen LogP contribution < -0.4 is 11.1 Å². The molecule has 0 saturated carbocycles. The Kier molecular flexibility index (Phi) is 2.98. The summed E-state index contributed by atoms with van der Waals surface area (Å²) in [5.41, 5.74) is 5.07. The van der Waals surface area contributed by atoms with Crippen LogP contribution in [0.15, 0.2) is 0 Å². The summed E-state index contributed by atoms with van der Waals surface area (Å²) in [5.74, 6) is 0. The van der Waals surface area contributed by atoms with E-state index in [0.29, 0.717) is 11.5 Å². The number of rotatable bonds is 2. The summed E-state index contributed by atoms with van der Waals surface area (Å²) >= 11 is 4.51. The summed E-state index contributed by atoms with van der Waals surface area (Å²) in [6, 6.07) is 0. The van der Waals surface area contributed by atoms with Crippen molar-refractivity contribution >= 4 is 17.2 Å². The average molecular weight is 104 g/mol. The van der Waals surface area contributed by atoms with Crippen LogP contribution in [0.2, 0.25) is 0 Å². The molecule has 6 heavy (non-hydrogen) atoms. The molecule has 0 amide bonds. The second kappa shape index (κ2) is 3.06. The van der Waals surface area contributed by atoms with Crippen LogP contribution in [0.25, 0.3) is 0 Å². The van der Waals surface area contributed by atoms with Crippen molar-refractivity contribution in [2.45, 2.75) is 0 Å². The third kappa shape index (κ3) is 3.85. The molecule has 2 nitrogen and oxygen atoms in total. The van der Waals surface area contributed by atoms with Crippen LogP contribution in [-0.4, -0.2) is 18.6 Å². The zero-order chi connectivity index (χ0) is 4.99. The number of thiocarbonyl (C=S) groups is 1. The Bertz CT molecular complexity index is 52.8. The first-order chi connectivity index (χ1) is 2.77. The largest absolute Gasteiger partial charge is 0.392 e. The van der Waals surface area contributed by atoms with Gasteiger partial charge in [0.15, 0.2) is 0 Å². The lowest BCUT2D eigenvalue weighted by Crippen LogP contribution is -2.23. The third-order valence-electron chi connectivity index (χ3n) is 0.351. The maximum atomic E-state index is 5.07. The molecule has 0 aliphatic heterocycles. The highest BCUT2D eigenvalue weighted by Gasteiger charge is 1.77. The third-order valence-corrected chi connectivity index (χ3v) is 0.495. The molecule has 0 aromatic carbocycles. The molecule has 0 atom stereocenters. The maximum absolute atomic E-state index is 5.07. The van der Waals surface area contributed by atoms with Crippen LogP contribution in [0, 0.1) is 0 Å². The van der Waals surface area contributed by atoms with E-state index in [9.17, 15) is 0 Å². The van der Waals surface area contributed by atoms with Crippen molar-refractivity contribution in [2.75, 3.05) is 13.6 Å². The van der Waals surface area contributed by atoms with Gasteiger partial charge in [0.2, 0.25) is 0 Å². The molecule has 0 heterocycles. The van der Waals surface area contributed by atoms with Gasteiger partial charge in [0.25, 0.3) is 0 Å². The molecule has 0 saturated heterocycles. The Morgan fingerprint density at radius 2 is 2.50 bits per heavy atom. The molecule has 0 bridgehead atoms. The first-order valence-corrected chi connectivity index (χ1v) is 2.11. The Labute approximate surface area is 42.7 Å². The van der Waals surface area contributed by atoms with E-state index in [0.717, 1.165) is 0 Å². The quantitative estimate of drug-likeness (QED) is 0.463. The van der Waals surface area contributed by atoms with Crippen molar-refractivity contribution in [2.24, 2.45) is 5.73 Å². The van der Waals surface area contributed by atoms with Gasteiger partial charge in [-0.1, -0.05) is 12.2 Å². The van der Waals surface area contributed by atoms with Crippen molar-refractivity contribution < 1.29 is 0 Å². The fourth-order valence-corrected chi connectivity index (χ4v) is 0.319. The van der Waals surface area contributed by atoms with E-state index >= 15 is 0 Å². The van der Waals surface area contributed by atoms with E-state index in [2.05, 4.69) is 17.5 Å². The van der Waals surface area contributed by atoms with Gasteiger partial charge in [-0.15, -0.1) is 0 Å². The van der Waals surface area contributed by atoms with Crippen molar-refractivity contribution in [3.8, 4) is 0 Å². The normalized spacial score (nSPS) is 8.17. The molecule has 0 aromatic heterocycles. The molecule has 0 radical (unpaired) electrons. The van der Waals surface area contributed by atoms with E-state index in [1.807, 2.05) is 0 Å². The van der Waals surface area contributed by atoms with Crippen molar-refractivity contribution in [1.82, 2.24) is 5.32 Å². The first-order valence-electron chi connectivity index (χ1n) is 1.70. The molecule has 3 heteroatoms. The molecule has 0 rings (SSSR count). The van der Waals surface area contributed by atoms with Gasteiger partial charge >= 0.3 is 0 Å². The minimum Gasteiger partial charge on any atom is -0.392 e. The minimum atomic E-state index is 0.512. The molecule has 0 unspecified atom stereocenters. The van der Waals surface area contributed by atoms with E-state index in [1.165, 1.54) is 0 Å². The Morgan fingerprint density at radius 1 is 2.00 bits per heavy atom. The van der Waals surface area contributed by atoms with Gasteiger partial charge in [-0.25, -0.2) is 0 Å². The topological polar surface area (TPSA) is 38.0 Å². The predicted molar refractivity (Wildman–Crippen MR) is 30.7 cm³/mol. The Balaban J connectivity index is 2.83. The highest BCUT2D eigenvalue weighted by molar-refractivity contribution is 7.80. The molecule has 0 aliphatic rings. The summed E-state index contributed by atoms with van der Waals surface area (Å²) in [6.45, 7) is 0.634. The standard InChI is InChI=1S/C3H8N2S/c1-5-2-3(4)6/h5H,2H2,1H3,(H2,4,6). The van der Waals surface area contributed by atoms with Gasteiger partial charge < -0.3 is 11.1 Å². The zero-order valence-corrected chi connectivity index (χ0v) is 4.51. The molecule has 0 fully saturated rings. The second-order valence-electron chi connectivity index (χ2n) is 0.997. The zero-order valence-electron chi connectivity index (χ0n) is 3.69. The van der Waals surface area contributed by atoms with Crippen LogP contribution in [0.4, 0.5) is 0 Å². The first kappa shape index (κ1) is 5.85.